The molecule has 0 aliphatic rings. The maximum Gasteiger partial charge on any atom is 0.336 e. The maximum atomic E-state index is 13.4. The highest BCUT2D eigenvalue weighted by atomic mass is 35.5. The highest BCUT2D eigenvalue weighted by molar-refractivity contribution is 6.33. The van der Waals surface area contributed by atoms with Gasteiger partial charge in [-0.25, -0.2) is 9.36 Å². The Morgan fingerprint density at radius 3 is 2.29 bits per heavy atom. The van der Waals surface area contributed by atoms with Crippen molar-refractivity contribution in [3.05, 3.63) is 104 Å². The number of carbonyl (C=O) groups is 1. The van der Waals surface area contributed by atoms with Crippen LogP contribution in [0.3, 0.4) is 0 Å². The molecule has 31 heavy (non-hydrogen) atoms. The van der Waals surface area contributed by atoms with Crippen molar-refractivity contribution in [3.63, 3.8) is 0 Å². The van der Waals surface area contributed by atoms with Crippen LogP contribution in [0.4, 0.5) is 5.69 Å². The van der Waals surface area contributed by atoms with E-state index >= 15 is 0 Å². The van der Waals surface area contributed by atoms with Gasteiger partial charge in [-0.2, -0.15) is 0 Å². The second kappa shape index (κ2) is 8.24. The first-order valence-corrected chi connectivity index (χ1v) is 10.1. The first kappa shape index (κ1) is 20.6. The summed E-state index contributed by atoms with van der Waals surface area (Å²) in [5, 5.41) is 3.47. The molecule has 1 heterocycles. The Balaban J connectivity index is 1.87. The summed E-state index contributed by atoms with van der Waals surface area (Å²) >= 11 is 6.12. The number of para-hydroxylation sites is 2. The van der Waals surface area contributed by atoms with Gasteiger partial charge in [0.2, 0.25) is 5.91 Å². The van der Waals surface area contributed by atoms with E-state index in [1.807, 2.05) is 19.9 Å². The smallest absolute Gasteiger partial charge is 0.323 e. The lowest BCUT2D eigenvalue weighted by Gasteiger charge is -2.15. The zero-order chi connectivity index (χ0) is 22.1. The van der Waals surface area contributed by atoms with Gasteiger partial charge in [0.1, 0.15) is 6.54 Å². The number of aryl methyl sites for hydroxylation is 2. The van der Waals surface area contributed by atoms with Crippen LogP contribution < -0.4 is 16.6 Å². The molecule has 0 unspecified atom stereocenters. The van der Waals surface area contributed by atoms with Crippen LogP contribution in [0.5, 0.6) is 0 Å². The molecule has 156 valence electrons. The zero-order valence-electron chi connectivity index (χ0n) is 17.1. The summed E-state index contributed by atoms with van der Waals surface area (Å²) in [4.78, 5) is 39.3. The van der Waals surface area contributed by atoms with Crippen molar-refractivity contribution in [1.29, 1.82) is 0 Å². The van der Waals surface area contributed by atoms with Gasteiger partial charge in [-0.3, -0.25) is 14.2 Å². The highest BCUT2D eigenvalue weighted by Gasteiger charge is 2.17. The summed E-state index contributed by atoms with van der Waals surface area (Å²) in [5.41, 5.74) is 2.17. The van der Waals surface area contributed by atoms with Crippen LogP contribution in [0.15, 0.2) is 76.3 Å². The van der Waals surface area contributed by atoms with Crippen LogP contribution in [0, 0.1) is 13.8 Å². The molecule has 0 radical (unpaired) electrons. The Kier molecular flexibility index (Phi) is 5.48. The highest BCUT2D eigenvalue weighted by Crippen LogP contribution is 2.20. The second-order valence-electron chi connectivity index (χ2n) is 7.40. The number of hydrogen-bond donors (Lipinski definition) is 1. The molecular weight excluding hydrogens is 414 g/mol. The molecule has 0 aliphatic carbocycles. The molecular formula is C24H20ClN3O3. The average Bonchev–Trinajstić information content (AvgIpc) is 2.72. The molecule has 3 aromatic carbocycles. The van der Waals surface area contributed by atoms with Crippen molar-refractivity contribution in [2.75, 3.05) is 5.32 Å². The van der Waals surface area contributed by atoms with E-state index in [0.29, 0.717) is 27.3 Å². The van der Waals surface area contributed by atoms with Gasteiger partial charge < -0.3 is 5.32 Å². The molecule has 0 atom stereocenters. The van der Waals surface area contributed by atoms with E-state index < -0.39 is 17.2 Å². The number of halogens is 1. The lowest BCUT2D eigenvalue weighted by atomic mass is 10.1. The number of benzene rings is 3. The fraction of sp³-hybridized carbons (Fsp3) is 0.125. The Hall–Kier alpha value is -3.64. The van der Waals surface area contributed by atoms with Gasteiger partial charge in [0.05, 0.1) is 27.3 Å². The Bertz CT molecular complexity index is 1420. The van der Waals surface area contributed by atoms with Gasteiger partial charge in [-0.05, 0) is 61.4 Å². The third-order valence-corrected chi connectivity index (χ3v) is 5.29. The van der Waals surface area contributed by atoms with E-state index in [9.17, 15) is 14.4 Å². The standard InChI is InChI=1S/C24H20ClN3O3/c1-15-11-16(2)13-17(12-15)28-23(30)18-7-3-6-10-21(18)27(24(28)31)14-22(29)26-20-9-5-4-8-19(20)25/h3-13H,14H2,1-2H3,(H,26,29). The lowest BCUT2D eigenvalue weighted by molar-refractivity contribution is -0.116. The van der Waals surface area contributed by atoms with Crippen LogP contribution in [0.25, 0.3) is 16.6 Å². The van der Waals surface area contributed by atoms with Crippen molar-refractivity contribution < 1.29 is 4.79 Å². The molecule has 0 saturated heterocycles. The Labute approximate surface area is 183 Å². The minimum Gasteiger partial charge on any atom is -0.323 e. The van der Waals surface area contributed by atoms with Gasteiger partial charge >= 0.3 is 5.69 Å². The first-order chi connectivity index (χ1) is 14.8. The molecule has 0 aliphatic heterocycles. The zero-order valence-corrected chi connectivity index (χ0v) is 17.8. The van der Waals surface area contributed by atoms with Crippen molar-refractivity contribution >= 4 is 34.1 Å². The number of nitrogens with zero attached hydrogens (tertiary/aromatic N) is 2. The third kappa shape index (κ3) is 4.02. The monoisotopic (exact) mass is 433 g/mol. The summed E-state index contributed by atoms with van der Waals surface area (Å²) in [6, 6.07) is 19.1. The van der Waals surface area contributed by atoms with Gasteiger partial charge in [-0.1, -0.05) is 41.9 Å². The summed E-state index contributed by atoms with van der Waals surface area (Å²) < 4.78 is 2.42. The molecule has 7 heteroatoms. The topological polar surface area (TPSA) is 73.1 Å². The van der Waals surface area contributed by atoms with E-state index in [4.69, 9.17) is 11.6 Å². The molecule has 6 nitrogen and oxygen atoms in total. The fourth-order valence-electron chi connectivity index (χ4n) is 3.68. The van der Waals surface area contributed by atoms with E-state index in [-0.39, 0.29) is 6.54 Å². The molecule has 4 rings (SSSR count). The molecule has 4 aromatic rings. The number of fused-ring (bicyclic) bond motifs is 1. The maximum absolute atomic E-state index is 13.4. The molecule has 1 N–H and O–H groups in total. The quantitative estimate of drug-likeness (QED) is 0.527. The third-order valence-electron chi connectivity index (χ3n) is 4.96. The van der Waals surface area contributed by atoms with Crippen molar-refractivity contribution in [1.82, 2.24) is 9.13 Å². The van der Waals surface area contributed by atoms with Crippen LogP contribution in [-0.2, 0) is 11.3 Å². The lowest BCUT2D eigenvalue weighted by Crippen LogP contribution is -2.40. The number of nitrogens with one attached hydrogen (secondary N) is 1. The molecule has 0 spiro atoms. The predicted octanol–water partition coefficient (Wildman–Crippen LogP) is 4.06. The second-order valence-corrected chi connectivity index (χ2v) is 7.81. The largest absolute Gasteiger partial charge is 0.336 e. The molecule has 0 fully saturated rings. The summed E-state index contributed by atoms with van der Waals surface area (Å²) in [6.45, 7) is 3.53. The van der Waals surface area contributed by atoms with Gasteiger partial charge in [-0.15, -0.1) is 0 Å². The Morgan fingerprint density at radius 2 is 1.58 bits per heavy atom. The summed E-state index contributed by atoms with van der Waals surface area (Å²) in [6.07, 6.45) is 0. The number of rotatable bonds is 4. The van der Waals surface area contributed by atoms with E-state index in [0.717, 1.165) is 15.7 Å². The predicted molar refractivity (Wildman–Crippen MR) is 123 cm³/mol. The normalized spacial score (nSPS) is 10.9. The number of amides is 1. The van der Waals surface area contributed by atoms with Crippen molar-refractivity contribution in [2.24, 2.45) is 0 Å². The van der Waals surface area contributed by atoms with E-state index in [2.05, 4.69) is 5.32 Å². The van der Waals surface area contributed by atoms with Gasteiger partial charge in [0.25, 0.3) is 5.56 Å². The average molecular weight is 434 g/mol. The van der Waals surface area contributed by atoms with Crippen LogP contribution in [0.1, 0.15) is 11.1 Å². The molecule has 0 bridgehead atoms. The van der Waals surface area contributed by atoms with Crippen molar-refractivity contribution in [2.45, 2.75) is 20.4 Å². The van der Waals surface area contributed by atoms with Crippen LogP contribution in [-0.4, -0.2) is 15.0 Å². The van der Waals surface area contributed by atoms with Crippen LogP contribution in [0.2, 0.25) is 5.02 Å². The van der Waals surface area contributed by atoms with Gasteiger partial charge in [0, 0.05) is 0 Å². The summed E-state index contributed by atoms with van der Waals surface area (Å²) in [7, 11) is 0. The number of aromatic nitrogens is 2. The number of carbonyl (C=O) groups excluding carboxylic acids is 1. The van der Waals surface area contributed by atoms with Gasteiger partial charge in [0.15, 0.2) is 0 Å². The van der Waals surface area contributed by atoms with E-state index in [1.165, 1.54) is 4.57 Å². The van der Waals surface area contributed by atoms with Crippen molar-refractivity contribution in [3.8, 4) is 5.69 Å². The molecule has 0 saturated carbocycles. The minimum atomic E-state index is -0.581. The molecule has 1 aromatic heterocycles. The fourth-order valence-corrected chi connectivity index (χ4v) is 3.86. The molecule has 1 amide bonds. The summed E-state index contributed by atoms with van der Waals surface area (Å²) in [5.74, 6) is -0.425. The first-order valence-electron chi connectivity index (χ1n) is 9.73. The number of hydrogen-bond acceptors (Lipinski definition) is 3. The Morgan fingerprint density at radius 1 is 0.935 bits per heavy atom. The van der Waals surface area contributed by atoms with Crippen LogP contribution >= 0.6 is 11.6 Å². The minimum absolute atomic E-state index is 0.268. The number of anilines is 1. The SMILES string of the molecule is Cc1cc(C)cc(-n2c(=O)c3ccccc3n(CC(=O)Nc3ccccc3Cl)c2=O)c1. The van der Waals surface area contributed by atoms with E-state index in [1.54, 1.807) is 60.7 Å².